The van der Waals surface area contributed by atoms with Crippen LogP contribution >= 0.6 is 15.9 Å². The molecule has 0 aliphatic carbocycles. The molecule has 47 heavy (non-hydrogen) atoms. The van der Waals surface area contributed by atoms with E-state index in [1.165, 1.54) is 36.3 Å². The Morgan fingerprint density at radius 1 is 0.957 bits per heavy atom. The van der Waals surface area contributed by atoms with Gasteiger partial charge in [0.2, 0.25) is 11.8 Å². The summed E-state index contributed by atoms with van der Waals surface area (Å²) < 4.78 is 50.4. The van der Waals surface area contributed by atoms with E-state index in [4.69, 9.17) is 4.74 Å². The molecule has 0 aromatic heterocycles. The van der Waals surface area contributed by atoms with Crippen LogP contribution in [0.15, 0.2) is 106 Å². The van der Waals surface area contributed by atoms with Gasteiger partial charge in [0.15, 0.2) is 0 Å². The predicted octanol–water partition coefficient (Wildman–Crippen LogP) is 6.66. The highest BCUT2D eigenvalue weighted by molar-refractivity contribution is 9.10. The lowest BCUT2D eigenvalue weighted by atomic mass is 10.0. The second-order valence-electron chi connectivity index (χ2n) is 11.3. The van der Waals surface area contributed by atoms with Gasteiger partial charge in [-0.2, -0.15) is 0 Å². The maximum Gasteiger partial charge on any atom is 0.264 e. The third kappa shape index (κ3) is 8.99. The molecule has 2 amide bonds. The number of carbonyl (C=O) groups excluding carboxylic acids is 2. The van der Waals surface area contributed by atoms with Gasteiger partial charge in [-0.1, -0.05) is 73.2 Å². The third-order valence-corrected chi connectivity index (χ3v) is 10.3. The zero-order valence-corrected chi connectivity index (χ0v) is 29.2. The van der Waals surface area contributed by atoms with E-state index in [0.717, 1.165) is 15.4 Å². The van der Waals surface area contributed by atoms with Crippen LogP contribution in [0.4, 0.5) is 10.1 Å². The summed E-state index contributed by atoms with van der Waals surface area (Å²) in [5, 5.41) is 2.97. The van der Waals surface area contributed by atoms with E-state index >= 15 is 4.39 Å². The minimum absolute atomic E-state index is 0.0745. The second-order valence-corrected chi connectivity index (χ2v) is 14.0. The lowest BCUT2D eigenvalue weighted by Crippen LogP contribution is -2.54. The van der Waals surface area contributed by atoms with Gasteiger partial charge in [0.25, 0.3) is 10.0 Å². The molecule has 0 heterocycles. The Hall–Kier alpha value is -4.22. The number of anilines is 1. The van der Waals surface area contributed by atoms with Crippen LogP contribution in [0, 0.1) is 12.7 Å². The molecule has 0 bridgehead atoms. The summed E-state index contributed by atoms with van der Waals surface area (Å²) in [6.07, 6.45) is 0.786. The van der Waals surface area contributed by atoms with Gasteiger partial charge in [-0.25, -0.2) is 12.8 Å². The Labute approximate surface area is 284 Å². The summed E-state index contributed by atoms with van der Waals surface area (Å²) in [6, 6.07) is 25.1. The molecule has 2 atom stereocenters. The van der Waals surface area contributed by atoms with Gasteiger partial charge >= 0.3 is 0 Å². The SMILES string of the molecule is CC[C@@H](C)NC(=O)[C@H](Cc1ccccc1)N(Cc1ccccc1F)C(=O)CN(c1ccc(C)cc1)S(=O)(=O)c1ccc(OC)c(Br)c1. The summed E-state index contributed by atoms with van der Waals surface area (Å²) in [7, 11) is -2.85. The lowest BCUT2D eigenvalue weighted by Gasteiger charge is -2.34. The van der Waals surface area contributed by atoms with Crippen molar-refractivity contribution in [1.29, 1.82) is 0 Å². The maximum absolute atomic E-state index is 15.1. The van der Waals surface area contributed by atoms with Gasteiger partial charge in [-0.15, -0.1) is 0 Å². The average molecular weight is 725 g/mol. The zero-order valence-electron chi connectivity index (χ0n) is 26.8. The van der Waals surface area contributed by atoms with E-state index in [1.807, 2.05) is 51.1 Å². The fourth-order valence-corrected chi connectivity index (χ4v) is 7.11. The summed E-state index contributed by atoms with van der Waals surface area (Å²) in [6.45, 7) is 4.76. The van der Waals surface area contributed by atoms with Crippen molar-refractivity contribution in [2.24, 2.45) is 0 Å². The van der Waals surface area contributed by atoms with Crippen LogP contribution in [0.5, 0.6) is 5.75 Å². The molecule has 1 N–H and O–H groups in total. The number of carbonyl (C=O) groups is 2. The molecular weight excluding hydrogens is 685 g/mol. The Morgan fingerprint density at radius 3 is 2.23 bits per heavy atom. The summed E-state index contributed by atoms with van der Waals surface area (Å²) in [5.41, 5.74) is 2.13. The zero-order chi connectivity index (χ0) is 34.1. The molecule has 8 nitrogen and oxygen atoms in total. The van der Waals surface area contributed by atoms with E-state index in [0.29, 0.717) is 16.6 Å². The largest absolute Gasteiger partial charge is 0.496 e. The summed E-state index contributed by atoms with van der Waals surface area (Å²) in [5.74, 6) is -1.20. The van der Waals surface area contributed by atoms with Crippen molar-refractivity contribution in [3.63, 3.8) is 0 Å². The van der Waals surface area contributed by atoms with Crippen molar-refractivity contribution in [2.45, 2.75) is 57.1 Å². The van der Waals surface area contributed by atoms with Gasteiger partial charge in [-0.05, 0) is 78.2 Å². The number of halogens is 2. The van der Waals surface area contributed by atoms with Crippen LogP contribution in [-0.4, -0.2) is 50.9 Å². The molecular formula is C36H39BrFN3O5S. The molecule has 248 valence electrons. The lowest BCUT2D eigenvalue weighted by molar-refractivity contribution is -0.140. The average Bonchev–Trinajstić information content (AvgIpc) is 3.06. The number of nitrogens with one attached hydrogen (secondary N) is 1. The van der Waals surface area contributed by atoms with Crippen molar-refractivity contribution in [2.75, 3.05) is 18.0 Å². The van der Waals surface area contributed by atoms with E-state index in [9.17, 15) is 18.0 Å². The first kappa shape index (κ1) is 35.6. The molecule has 0 radical (unpaired) electrons. The quantitative estimate of drug-likeness (QED) is 0.157. The normalized spacial score (nSPS) is 12.6. The van der Waals surface area contributed by atoms with E-state index < -0.39 is 40.2 Å². The number of hydrogen-bond acceptors (Lipinski definition) is 5. The highest BCUT2D eigenvalue weighted by atomic mass is 79.9. The standard InChI is InChI=1S/C36H39BrFN3O5S/c1-5-26(3)39-36(43)33(21-27-11-7-6-8-12-27)40(23-28-13-9-10-14-32(28)38)35(42)24-41(29-17-15-25(2)16-18-29)47(44,45)30-19-20-34(46-4)31(37)22-30/h6-20,22,26,33H,5,21,23-24H2,1-4H3,(H,39,43)/t26-,33+/m1/s1. The highest BCUT2D eigenvalue weighted by Crippen LogP contribution is 2.31. The van der Waals surface area contributed by atoms with Crippen LogP contribution < -0.4 is 14.4 Å². The summed E-state index contributed by atoms with van der Waals surface area (Å²) >= 11 is 3.36. The summed E-state index contributed by atoms with van der Waals surface area (Å²) in [4.78, 5) is 29.6. The van der Waals surface area contributed by atoms with Crippen molar-refractivity contribution in [3.05, 3.63) is 124 Å². The van der Waals surface area contributed by atoms with Crippen LogP contribution in [0.2, 0.25) is 0 Å². The number of ether oxygens (including phenoxy) is 1. The predicted molar refractivity (Wildman–Crippen MR) is 185 cm³/mol. The smallest absolute Gasteiger partial charge is 0.264 e. The maximum atomic E-state index is 15.1. The number of nitrogens with zero attached hydrogens (tertiary/aromatic N) is 2. The Morgan fingerprint density at radius 2 is 1.62 bits per heavy atom. The number of methoxy groups -OCH3 is 1. The first-order chi connectivity index (χ1) is 22.4. The molecule has 0 fully saturated rings. The van der Waals surface area contributed by atoms with E-state index in [1.54, 1.807) is 42.5 Å². The van der Waals surface area contributed by atoms with Crippen LogP contribution in [0.1, 0.15) is 37.0 Å². The molecule has 11 heteroatoms. The fraction of sp³-hybridized carbons (Fsp3) is 0.278. The van der Waals surface area contributed by atoms with Gasteiger partial charge in [0, 0.05) is 24.6 Å². The monoisotopic (exact) mass is 723 g/mol. The first-order valence-electron chi connectivity index (χ1n) is 15.2. The second kappa shape index (κ2) is 16.1. The Balaban J connectivity index is 1.83. The van der Waals surface area contributed by atoms with Crippen molar-refractivity contribution in [1.82, 2.24) is 10.2 Å². The minimum Gasteiger partial charge on any atom is -0.496 e. The first-order valence-corrected chi connectivity index (χ1v) is 17.5. The van der Waals surface area contributed by atoms with E-state index in [2.05, 4.69) is 21.2 Å². The van der Waals surface area contributed by atoms with E-state index in [-0.39, 0.29) is 35.2 Å². The number of benzene rings is 4. The van der Waals surface area contributed by atoms with Crippen LogP contribution in [0.3, 0.4) is 0 Å². The molecule has 0 spiro atoms. The van der Waals surface area contributed by atoms with Gasteiger partial charge < -0.3 is 15.0 Å². The molecule has 0 saturated carbocycles. The molecule has 0 saturated heterocycles. The Kier molecular flexibility index (Phi) is 12.2. The molecule has 0 aliphatic rings. The van der Waals surface area contributed by atoms with Gasteiger partial charge in [-0.3, -0.25) is 13.9 Å². The van der Waals surface area contributed by atoms with Gasteiger partial charge in [0.05, 0.1) is 22.2 Å². The number of hydrogen-bond donors (Lipinski definition) is 1. The molecule has 4 aromatic carbocycles. The van der Waals surface area contributed by atoms with Gasteiger partial charge in [0.1, 0.15) is 24.2 Å². The van der Waals surface area contributed by atoms with Crippen LogP contribution in [0.25, 0.3) is 0 Å². The Bertz CT molecular complexity index is 1790. The third-order valence-electron chi connectivity index (χ3n) is 7.88. The molecule has 0 aliphatic heterocycles. The van der Waals surface area contributed by atoms with Crippen molar-refractivity contribution < 1.29 is 27.1 Å². The topological polar surface area (TPSA) is 96.0 Å². The van der Waals surface area contributed by atoms with Crippen molar-refractivity contribution in [3.8, 4) is 5.75 Å². The molecule has 4 aromatic rings. The minimum atomic E-state index is -4.33. The fourth-order valence-electron chi connectivity index (χ4n) is 4.98. The van der Waals surface area contributed by atoms with Crippen LogP contribution in [-0.2, 0) is 32.6 Å². The number of amides is 2. The molecule has 4 rings (SSSR count). The van der Waals surface area contributed by atoms with Crippen molar-refractivity contribution >= 4 is 43.5 Å². The number of sulfonamides is 1. The number of rotatable bonds is 14. The molecule has 0 unspecified atom stereocenters. The highest BCUT2D eigenvalue weighted by Gasteiger charge is 2.35. The number of aryl methyl sites for hydroxylation is 1.